The lowest BCUT2D eigenvalue weighted by Gasteiger charge is -2.35. The highest BCUT2D eigenvalue weighted by molar-refractivity contribution is 7.89. The van der Waals surface area contributed by atoms with Gasteiger partial charge in [-0.25, -0.2) is 13.4 Å². The first-order valence-electron chi connectivity index (χ1n) is 11.0. The third-order valence-electron chi connectivity index (χ3n) is 5.57. The van der Waals surface area contributed by atoms with Crippen molar-refractivity contribution in [1.82, 2.24) is 19.4 Å². The third kappa shape index (κ3) is 4.57. The van der Waals surface area contributed by atoms with Crippen LogP contribution in [-0.2, 0) is 16.4 Å². The molecule has 2 aromatic heterocycles. The van der Waals surface area contributed by atoms with E-state index in [-0.39, 0.29) is 5.75 Å². The first-order chi connectivity index (χ1) is 15.0. The van der Waals surface area contributed by atoms with Gasteiger partial charge in [0, 0.05) is 38.2 Å². The van der Waals surface area contributed by atoms with E-state index in [4.69, 9.17) is 9.51 Å². The molecule has 0 N–H and O–H groups in total. The number of unbranched alkanes of at least 4 members (excludes halogenated alkanes) is 1. The van der Waals surface area contributed by atoms with Crippen molar-refractivity contribution >= 4 is 26.9 Å². The average molecular weight is 444 g/mol. The Hall–Kier alpha value is -2.52. The first-order valence-corrected chi connectivity index (χ1v) is 12.6. The predicted octanol–water partition coefficient (Wildman–Crippen LogP) is 3.49. The van der Waals surface area contributed by atoms with Crippen LogP contribution in [0.5, 0.6) is 0 Å². The Kier molecular flexibility index (Phi) is 6.52. The van der Waals surface area contributed by atoms with Crippen LogP contribution in [-0.4, -0.2) is 59.8 Å². The molecule has 4 rings (SSSR count). The maximum absolute atomic E-state index is 12.6. The molecule has 0 atom stereocenters. The molecule has 1 saturated heterocycles. The van der Waals surface area contributed by atoms with Gasteiger partial charge in [0.1, 0.15) is 22.7 Å². The molecule has 0 bridgehead atoms. The molecule has 0 amide bonds. The van der Waals surface area contributed by atoms with E-state index in [0.29, 0.717) is 44.0 Å². The van der Waals surface area contributed by atoms with Crippen LogP contribution in [0.2, 0.25) is 0 Å². The first kappa shape index (κ1) is 21.7. The molecule has 1 aliphatic heterocycles. The highest BCUT2D eigenvalue weighted by atomic mass is 32.2. The number of nitrogens with zero attached hydrogens (tertiary/aromatic N) is 5. The monoisotopic (exact) mass is 443 g/mol. The fourth-order valence-electron chi connectivity index (χ4n) is 3.87. The van der Waals surface area contributed by atoms with Crippen molar-refractivity contribution in [3.05, 3.63) is 36.2 Å². The van der Waals surface area contributed by atoms with Gasteiger partial charge in [-0.15, -0.1) is 0 Å². The molecule has 1 fully saturated rings. The van der Waals surface area contributed by atoms with Crippen LogP contribution in [0.15, 0.2) is 34.9 Å². The Labute approximate surface area is 183 Å². The molecule has 3 heterocycles. The molecule has 0 unspecified atom stereocenters. The zero-order valence-corrected chi connectivity index (χ0v) is 18.9. The Morgan fingerprint density at radius 1 is 1.00 bits per heavy atom. The second-order valence-corrected chi connectivity index (χ2v) is 9.93. The number of aryl methyl sites for hydroxylation is 1. The van der Waals surface area contributed by atoms with E-state index in [2.05, 4.69) is 22.0 Å². The van der Waals surface area contributed by atoms with E-state index in [1.54, 1.807) is 4.31 Å². The van der Waals surface area contributed by atoms with Gasteiger partial charge in [0.2, 0.25) is 10.0 Å². The minimum absolute atomic E-state index is 0.214. The van der Waals surface area contributed by atoms with Crippen LogP contribution in [0.1, 0.15) is 38.9 Å². The normalized spacial score (nSPS) is 15.6. The summed E-state index contributed by atoms with van der Waals surface area (Å²) >= 11 is 0. The molecule has 1 aromatic carbocycles. The number of anilines is 1. The summed E-state index contributed by atoms with van der Waals surface area (Å²) in [7, 11) is -3.21. The van der Waals surface area contributed by atoms with Crippen LogP contribution < -0.4 is 4.90 Å². The zero-order chi connectivity index (χ0) is 21.8. The van der Waals surface area contributed by atoms with Crippen molar-refractivity contribution in [2.45, 2.75) is 39.5 Å². The SMILES string of the molecule is CCCCS(=O)(=O)N1CCN(c2nc(CCC)nc3onc(-c4ccccc4)c23)CC1. The van der Waals surface area contributed by atoms with Crippen LogP contribution in [0.3, 0.4) is 0 Å². The van der Waals surface area contributed by atoms with E-state index >= 15 is 0 Å². The number of benzene rings is 1. The summed E-state index contributed by atoms with van der Waals surface area (Å²) in [5, 5.41) is 5.09. The molecule has 0 saturated carbocycles. The summed E-state index contributed by atoms with van der Waals surface area (Å²) in [6.07, 6.45) is 3.23. The fraction of sp³-hybridized carbons (Fsp3) is 0.500. The molecule has 0 radical (unpaired) electrons. The second-order valence-electron chi connectivity index (χ2n) is 7.85. The minimum Gasteiger partial charge on any atom is -0.353 e. The molecule has 31 heavy (non-hydrogen) atoms. The van der Waals surface area contributed by atoms with E-state index in [1.165, 1.54) is 0 Å². The molecule has 8 nitrogen and oxygen atoms in total. The highest BCUT2D eigenvalue weighted by Gasteiger charge is 2.29. The lowest BCUT2D eigenvalue weighted by Crippen LogP contribution is -2.49. The molecule has 166 valence electrons. The topological polar surface area (TPSA) is 92.4 Å². The Balaban J connectivity index is 1.67. The summed E-state index contributed by atoms with van der Waals surface area (Å²) in [5.74, 6) is 1.71. The average Bonchev–Trinajstić information content (AvgIpc) is 3.22. The van der Waals surface area contributed by atoms with Crippen molar-refractivity contribution in [2.24, 2.45) is 0 Å². The van der Waals surface area contributed by atoms with Crippen molar-refractivity contribution in [3.8, 4) is 11.3 Å². The highest BCUT2D eigenvalue weighted by Crippen LogP contribution is 2.34. The van der Waals surface area contributed by atoms with E-state index in [0.717, 1.165) is 41.9 Å². The lowest BCUT2D eigenvalue weighted by atomic mass is 10.1. The standard InChI is InChI=1S/C22H29N5O3S/c1-3-5-16-31(28,29)27-14-12-26(13-15-27)21-19-20(17-10-7-6-8-11-17)25-30-22(19)24-18(23-21)9-4-2/h6-8,10-11H,3-5,9,12-16H2,1-2H3. The van der Waals surface area contributed by atoms with Crippen molar-refractivity contribution in [2.75, 3.05) is 36.8 Å². The van der Waals surface area contributed by atoms with Crippen LogP contribution in [0.4, 0.5) is 5.82 Å². The Morgan fingerprint density at radius 3 is 2.42 bits per heavy atom. The van der Waals surface area contributed by atoms with Crippen LogP contribution in [0.25, 0.3) is 22.4 Å². The molecule has 9 heteroatoms. The number of rotatable bonds is 8. The van der Waals surface area contributed by atoms with Gasteiger partial charge < -0.3 is 9.42 Å². The van der Waals surface area contributed by atoms with Crippen molar-refractivity contribution in [1.29, 1.82) is 0 Å². The van der Waals surface area contributed by atoms with E-state index in [1.807, 2.05) is 37.3 Å². The number of sulfonamides is 1. The van der Waals surface area contributed by atoms with Gasteiger partial charge in [0.05, 0.1) is 5.75 Å². The zero-order valence-electron chi connectivity index (χ0n) is 18.1. The Morgan fingerprint density at radius 2 is 1.74 bits per heavy atom. The third-order valence-corrected chi connectivity index (χ3v) is 7.53. The maximum atomic E-state index is 12.6. The number of hydrogen-bond acceptors (Lipinski definition) is 7. The summed E-state index contributed by atoms with van der Waals surface area (Å²) in [6, 6.07) is 9.85. The summed E-state index contributed by atoms with van der Waals surface area (Å²) < 4.78 is 32.4. The van der Waals surface area contributed by atoms with Gasteiger partial charge in [0.25, 0.3) is 5.71 Å². The molecular formula is C22H29N5O3S. The number of piperazine rings is 1. The van der Waals surface area contributed by atoms with E-state index in [9.17, 15) is 8.42 Å². The summed E-state index contributed by atoms with van der Waals surface area (Å²) in [6.45, 7) is 6.14. The smallest absolute Gasteiger partial charge is 0.263 e. The predicted molar refractivity (Wildman–Crippen MR) is 122 cm³/mol. The molecular weight excluding hydrogens is 414 g/mol. The second kappa shape index (κ2) is 9.32. The van der Waals surface area contributed by atoms with Crippen LogP contribution in [0, 0.1) is 0 Å². The van der Waals surface area contributed by atoms with Gasteiger partial charge in [-0.1, -0.05) is 55.8 Å². The lowest BCUT2D eigenvalue weighted by molar-refractivity contribution is 0.383. The Bertz CT molecular complexity index is 1120. The van der Waals surface area contributed by atoms with Crippen molar-refractivity contribution < 1.29 is 12.9 Å². The fourth-order valence-corrected chi connectivity index (χ4v) is 5.50. The van der Waals surface area contributed by atoms with Gasteiger partial charge in [-0.05, 0) is 12.8 Å². The molecule has 0 aliphatic carbocycles. The number of hydrogen-bond donors (Lipinski definition) is 0. The van der Waals surface area contributed by atoms with Gasteiger partial charge >= 0.3 is 0 Å². The minimum atomic E-state index is -3.21. The van der Waals surface area contributed by atoms with Crippen molar-refractivity contribution in [3.63, 3.8) is 0 Å². The maximum Gasteiger partial charge on any atom is 0.263 e. The van der Waals surface area contributed by atoms with E-state index < -0.39 is 10.0 Å². The summed E-state index contributed by atoms with van der Waals surface area (Å²) in [4.78, 5) is 11.6. The number of aromatic nitrogens is 3. The molecule has 0 spiro atoms. The quantitative estimate of drug-likeness (QED) is 0.526. The largest absolute Gasteiger partial charge is 0.353 e. The van der Waals surface area contributed by atoms with Gasteiger partial charge in [0.15, 0.2) is 0 Å². The number of fused-ring (bicyclic) bond motifs is 1. The van der Waals surface area contributed by atoms with Gasteiger partial charge in [-0.3, -0.25) is 0 Å². The van der Waals surface area contributed by atoms with Crippen LogP contribution >= 0.6 is 0 Å². The molecule has 1 aliphatic rings. The van der Waals surface area contributed by atoms with Gasteiger partial charge in [-0.2, -0.15) is 9.29 Å². The molecule has 3 aromatic rings. The summed E-state index contributed by atoms with van der Waals surface area (Å²) in [5.41, 5.74) is 2.13.